The van der Waals surface area contributed by atoms with Crippen LogP contribution in [0.3, 0.4) is 0 Å². The summed E-state index contributed by atoms with van der Waals surface area (Å²) in [5.41, 5.74) is 4.20. The van der Waals surface area contributed by atoms with Crippen molar-refractivity contribution in [3.8, 4) is 11.1 Å². The summed E-state index contributed by atoms with van der Waals surface area (Å²) in [7, 11) is 0. The zero-order chi connectivity index (χ0) is 12.1. The Morgan fingerprint density at radius 1 is 1.24 bits per heavy atom. The van der Waals surface area contributed by atoms with Crippen LogP contribution < -0.4 is 0 Å². The number of thiophene rings is 1. The fraction of sp³-hybridized carbons (Fsp3) is 0.250. The molecule has 0 spiro atoms. The van der Waals surface area contributed by atoms with Crippen molar-refractivity contribution >= 4 is 11.3 Å². The highest BCUT2D eigenvalue weighted by Crippen LogP contribution is 2.34. The maximum Gasteiger partial charge on any atom is 0.0126 e. The molecule has 17 heavy (non-hydrogen) atoms. The molecule has 0 aliphatic heterocycles. The van der Waals surface area contributed by atoms with Crippen molar-refractivity contribution in [2.75, 3.05) is 0 Å². The molecule has 0 radical (unpaired) electrons. The smallest absolute Gasteiger partial charge is 0.0126 e. The Bertz CT molecular complexity index is 479. The number of allylic oxidation sites excluding steroid dienone is 1. The van der Waals surface area contributed by atoms with Crippen LogP contribution in [0.1, 0.15) is 23.8 Å². The monoisotopic (exact) mass is 242 g/mol. The first-order chi connectivity index (χ1) is 8.36. The molecule has 1 heteroatoms. The largest absolute Gasteiger partial charge is 0.148 e. The zero-order valence-electron chi connectivity index (χ0n) is 10.3. The molecule has 0 aliphatic carbocycles. The van der Waals surface area contributed by atoms with Crippen LogP contribution in [0.15, 0.2) is 48.4 Å². The van der Waals surface area contributed by atoms with Crippen LogP contribution >= 0.6 is 11.3 Å². The molecule has 0 nitrogen and oxygen atoms in total. The Morgan fingerprint density at radius 3 is 2.65 bits per heavy atom. The highest BCUT2D eigenvalue weighted by atomic mass is 32.1. The molecule has 0 aliphatic rings. The summed E-state index contributed by atoms with van der Waals surface area (Å²) >= 11 is 1.89. The van der Waals surface area contributed by atoms with E-state index in [-0.39, 0.29) is 0 Å². The number of aryl methyl sites for hydroxylation is 1. The minimum Gasteiger partial charge on any atom is -0.148 e. The van der Waals surface area contributed by atoms with E-state index in [1.165, 1.54) is 34.4 Å². The van der Waals surface area contributed by atoms with Crippen LogP contribution in [0.4, 0.5) is 0 Å². The lowest BCUT2D eigenvalue weighted by molar-refractivity contribution is 0.940. The minimum absolute atomic E-state index is 0.963. The van der Waals surface area contributed by atoms with Crippen molar-refractivity contribution in [3.63, 3.8) is 0 Å². The highest BCUT2D eigenvalue weighted by molar-refractivity contribution is 7.10. The van der Waals surface area contributed by atoms with E-state index in [4.69, 9.17) is 0 Å². The van der Waals surface area contributed by atoms with E-state index in [0.717, 1.165) is 6.42 Å². The second-order valence-corrected chi connectivity index (χ2v) is 5.13. The molecule has 1 aromatic heterocycles. The summed E-state index contributed by atoms with van der Waals surface area (Å²) in [5.74, 6) is 0. The molecule has 0 saturated carbocycles. The zero-order valence-corrected chi connectivity index (χ0v) is 11.1. The summed E-state index contributed by atoms with van der Waals surface area (Å²) < 4.78 is 0. The van der Waals surface area contributed by atoms with Crippen molar-refractivity contribution in [1.82, 2.24) is 0 Å². The molecule has 1 aromatic carbocycles. The molecule has 0 bridgehead atoms. The third kappa shape index (κ3) is 2.67. The van der Waals surface area contributed by atoms with Gasteiger partial charge < -0.3 is 0 Å². The standard InChI is InChI=1S/C16H18S/c1-3-8-14-12-17-15(9-4-2)16(14)13-10-6-5-7-11-13/h3,5-7,10-12H,1,4,8-9H2,2H3. The summed E-state index contributed by atoms with van der Waals surface area (Å²) in [5, 5.41) is 2.29. The molecule has 2 rings (SSSR count). The number of hydrogen-bond donors (Lipinski definition) is 0. The van der Waals surface area contributed by atoms with Crippen LogP contribution in [0, 0.1) is 0 Å². The van der Waals surface area contributed by atoms with Crippen molar-refractivity contribution in [2.24, 2.45) is 0 Å². The predicted octanol–water partition coefficient (Wildman–Crippen LogP) is 5.10. The second kappa shape index (κ2) is 5.83. The van der Waals surface area contributed by atoms with Gasteiger partial charge in [0.05, 0.1) is 0 Å². The van der Waals surface area contributed by atoms with Gasteiger partial charge in [-0.2, -0.15) is 0 Å². The van der Waals surface area contributed by atoms with Gasteiger partial charge in [0.15, 0.2) is 0 Å². The van der Waals surface area contributed by atoms with Crippen LogP contribution in [0.2, 0.25) is 0 Å². The van der Waals surface area contributed by atoms with E-state index in [1.54, 1.807) is 0 Å². The molecular formula is C16H18S. The average Bonchev–Trinajstić information content (AvgIpc) is 2.74. The second-order valence-electron chi connectivity index (χ2n) is 4.17. The maximum absolute atomic E-state index is 3.85. The van der Waals surface area contributed by atoms with E-state index in [9.17, 15) is 0 Å². The highest BCUT2D eigenvalue weighted by Gasteiger charge is 2.11. The van der Waals surface area contributed by atoms with Crippen molar-refractivity contribution in [2.45, 2.75) is 26.2 Å². The summed E-state index contributed by atoms with van der Waals surface area (Å²) in [6.07, 6.45) is 5.33. The van der Waals surface area contributed by atoms with Gasteiger partial charge in [0.2, 0.25) is 0 Å². The third-order valence-corrected chi connectivity index (χ3v) is 3.94. The SMILES string of the molecule is C=CCc1csc(CCC)c1-c1ccccc1. The van der Waals surface area contributed by atoms with E-state index in [2.05, 4.69) is 49.2 Å². The van der Waals surface area contributed by atoms with Crippen LogP contribution in [-0.4, -0.2) is 0 Å². The van der Waals surface area contributed by atoms with Gasteiger partial charge in [0, 0.05) is 4.88 Å². The maximum atomic E-state index is 3.85. The predicted molar refractivity (Wildman–Crippen MR) is 77.7 cm³/mol. The van der Waals surface area contributed by atoms with Gasteiger partial charge in [-0.1, -0.05) is 49.8 Å². The first kappa shape index (κ1) is 12.1. The van der Waals surface area contributed by atoms with Crippen molar-refractivity contribution < 1.29 is 0 Å². The van der Waals surface area contributed by atoms with E-state index in [1.807, 2.05) is 17.4 Å². The number of rotatable bonds is 5. The Labute approximate surface area is 108 Å². The summed E-state index contributed by atoms with van der Waals surface area (Å²) in [6, 6.07) is 10.7. The van der Waals surface area contributed by atoms with Gasteiger partial charge >= 0.3 is 0 Å². The van der Waals surface area contributed by atoms with Crippen LogP contribution in [-0.2, 0) is 12.8 Å². The Hall–Kier alpha value is -1.34. The molecule has 0 amide bonds. The van der Waals surface area contributed by atoms with Gasteiger partial charge in [-0.25, -0.2) is 0 Å². The molecule has 2 aromatic rings. The van der Waals surface area contributed by atoms with Gasteiger partial charge in [-0.15, -0.1) is 17.9 Å². The lowest BCUT2D eigenvalue weighted by Crippen LogP contribution is -1.88. The number of benzene rings is 1. The van der Waals surface area contributed by atoms with Crippen LogP contribution in [0.25, 0.3) is 11.1 Å². The lowest BCUT2D eigenvalue weighted by Gasteiger charge is -2.06. The van der Waals surface area contributed by atoms with Gasteiger partial charge in [0.25, 0.3) is 0 Å². The molecule has 0 saturated heterocycles. The van der Waals surface area contributed by atoms with Gasteiger partial charge in [0.1, 0.15) is 0 Å². The average molecular weight is 242 g/mol. The van der Waals surface area contributed by atoms with E-state index >= 15 is 0 Å². The van der Waals surface area contributed by atoms with E-state index in [0.29, 0.717) is 0 Å². The quantitative estimate of drug-likeness (QED) is 0.640. The lowest BCUT2D eigenvalue weighted by atomic mass is 9.98. The molecule has 88 valence electrons. The first-order valence-electron chi connectivity index (χ1n) is 6.12. The topological polar surface area (TPSA) is 0 Å². The van der Waals surface area contributed by atoms with Crippen molar-refractivity contribution in [1.29, 1.82) is 0 Å². The van der Waals surface area contributed by atoms with E-state index < -0.39 is 0 Å². The normalized spacial score (nSPS) is 10.4. The van der Waals surface area contributed by atoms with Crippen molar-refractivity contribution in [3.05, 3.63) is 58.8 Å². The summed E-state index contributed by atoms with van der Waals surface area (Å²) in [6.45, 7) is 6.09. The number of hydrogen-bond acceptors (Lipinski definition) is 1. The summed E-state index contributed by atoms with van der Waals surface area (Å²) in [4.78, 5) is 1.51. The molecule has 0 N–H and O–H groups in total. The minimum atomic E-state index is 0.963. The molecule has 0 fully saturated rings. The first-order valence-corrected chi connectivity index (χ1v) is 7.00. The Balaban J connectivity index is 2.47. The fourth-order valence-corrected chi connectivity index (χ4v) is 3.29. The third-order valence-electron chi connectivity index (χ3n) is 2.85. The Kier molecular flexibility index (Phi) is 4.16. The molecule has 0 atom stereocenters. The Morgan fingerprint density at radius 2 is 2.00 bits per heavy atom. The van der Waals surface area contributed by atoms with Gasteiger partial charge in [-0.3, -0.25) is 0 Å². The molecular weight excluding hydrogens is 224 g/mol. The fourth-order valence-electron chi connectivity index (χ4n) is 2.11. The van der Waals surface area contributed by atoms with Gasteiger partial charge in [-0.05, 0) is 34.9 Å². The van der Waals surface area contributed by atoms with Crippen LogP contribution in [0.5, 0.6) is 0 Å². The molecule has 0 unspecified atom stereocenters. The molecule has 1 heterocycles.